The Labute approximate surface area is 263 Å². The molecule has 0 saturated carbocycles. The molecule has 4 aromatic rings. The van der Waals surface area contributed by atoms with Crippen molar-refractivity contribution in [2.45, 2.75) is 38.9 Å². The molecule has 4 N–H and O–H groups in total. The molecule has 45 heavy (non-hydrogen) atoms. The third-order valence-electron chi connectivity index (χ3n) is 6.96. The van der Waals surface area contributed by atoms with Crippen LogP contribution in [0, 0.1) is 18.8 Å². The van der Waals surface area contributed by atoms with Crippen LogP contribution in [0.2, 0.25) is 5.02 Å². The van der Waals surface area contributed by atoms with E-state index in [1.54, 1.807) is 0 Å². The molecule has 1 saturated heterocycles. The third kappa shape index (κ3) is 8.29. The van der Waals surface area contributed by atoms with Gasteiger partial charge in [-0.3, -0.25) is 9.59 Å². The van der Waals surface area contributed by atoms with Crippen molar-refractivity contribution in [1.82, 2.24) is 24.6 Å². The number of anilines is 2. The number of fused-ring (bicyclic) bond motifs is 1. The van der Waals surface area contributed by atoms with E-state index in [0.717, 1.165) is 49.0 Å². The molecule has 0 bridgehead atoms. The number of carbonyl (C=O) groups is 2. The van der Waals surface area contributed by atoms with Gasteiger partial charge in [0.2, 0.25) is 5.91 Å². The monoisotopic (exact) mass is 643 g/mol. The van der Waals surface area contributed by atoms with Crippen molar-refractivity contribution in [3.05, 3.63) is 75.7 Å². The van der Waals surface area contributed by atoms with Gasteiger partial charge in [-0.05, 0) is 49.1 Å². The summed E-state index contributed by atoms with van der Waals surface area (Å²) in [5, 5.41) is 15.1. The number of aliphatic hydroxyl groups excluding tert-OH is 1. The molecule has 2 aromatic heterocycles. The molecular weight excluding hydrogens is 611 g/mol. The minimum absolute atomic E-state index is 0.0437. The van der Waals surface area contributed by atoms with Gasteiger partial charge in [0, 0.05) is 50.5 Å². The highest BCUT2D eigenvalue weighted by Crippen LogP contribution is 2.35. The van der Waals surface area contributed by atoms with E-state index in [1.165, 1.54) is 12.4 Å². The van der Waals surface area contributed by atoms with Gasteiger partial charge >= 0.3 is 6.18 Å². The van der Waals surface area contributed by atoms with E-state index >= 15 is 0 Å². The van der Waals surface area contributed by atoms with E-state index in [-0.39, 0.29) is 17.5 Å². The molecule has 14 heteroatoms. The number of amides is 1. The summed E-state index contributed by atoms with van der Waals surface area (Å²) in [5.74, 6) is 6.91. The minimum atomic E-state index is -4.52. The Balaban J connectivity index is 0.000000309. The van der Waals surface area contributed by atoms with Crippen molar-refractivity contribution in [3.8, 4) is 11.8 Å². The van der Waals surface area contributed by atoms with Crippen LogP contribution in [0.1, 0.15) is 58.5 Å². The van der Waals surface area contributed by atoms with Crippen LogP contribution in [0.5, 0.6) is 0 Å². The zero-order valence-electron chi connectivity index (χ0n) is 25.1. The van der Waals surface area contributed by atoms with Crippen molar-refractivity contribution in [3.63, 3.8) is 0 Å². The van der Waals surface area contributed by atoms with Gasteiger partial charge in [-0.25, -0.2) is 14.6 Å². The fraction of sp³-hybridized carbons (Fsp3) is 0.323. The number of nitrogens with two attached hydrogens (primary N) is 1. The number of nitrogens with zero attached hydrogens (tertiary/aromatic N) is 5. The summed E-state index contributed by atoms with van der Waals surface area (Å²) in [6.07, 6.45) is -1.41. The number of aromatic nitrogens is 4. The molecule has 1 aliphatic heterocycles. The van der Waals surface area contributed by atoms with Gasteiger partial charge in [0.05, 0.1) is 22.0 Å². The number of aldehydes is 1. The Morgan fingerprint density at radius 1 is 1.20 bits per heavy atom. The van der Waals surface area contributed by atoms with Gasteiger partial charge in [0.1, 0.15) is 24.1 Å². The van der Waals surface area contributed by atoms with Crippen LogP contribution in [0.15, 0.2) is 42.7 Å². The highest BCUT2D eigenvalue weighted by atomic mass is 35.5. The minimum Gasteiger partial charge on any atom is -0.400 e. The number of aliphatic hydroxyl groups is 1. The smallest absolute Gasteiger partial charge is 0.400 e. The van der Waals surface area contributed by atoms with Crippen molar-refractivity contribution >= 4 is 46.3 Å². The van der Waals surface area contributed by atoms with E-state index in [9.17, 15) is 22.8 Å². The van der Waals surface area contributed by atoms with E-state index in [4.69, 9.17) is 27.5 Å². The molecule has 5 rings (SSSR count). The fourth-order valence-electron chi connectivity index (χ4n) is 4.60. The average Bonchev–Trinajstić information content (AvgIpc) is 3.67. The first-order valence-electron chi connectivity index (χ1n) is 13.8. The number of rotatable bonds is 4. The second kappa shape index (κ2) is 15.4. The quantitative estimate of drug-likeness (QED) is 0.206. The van der Waals surface area contributed by atoms with E-state index < -0.39 is 16.8 Å². The summed E-state index contributed by atoms with van der Waals surface area (Å²) in [6, 6.07) is 9.09. The van der Waals surface area contributed by atoms with Crippen LogP contribution in [-0.4, -0.2) is 69.2 Å². The number of aryl methyl sites for hydroxylation is 1. The number of likely N-dealkylation sites (tertiary alicyclic amines) is 1. The summed E-state index contributed by atoms with van der Waals surface area (Å²) < 4.78 is 38.4. The number of hydrogen-bond donors (Lipinski definition) is 3. The zero-order valence-corrected chi connectivity index (χ0v) is 25.9. The Hall–Kier alpha value is -4.67. The third-order valence-corrected chi connectivity index (χ3v) is 7.29. The molecule has 0 unspecified atom stereocenters. The largest absolute Gasteiger partial charge is 0.417 e. The summed E-state index contributed by atoms with van der Waals surface area (Å²) in [4.78, 5) is 32.7. The molecule has 1 atom stereocenters. The van der Waals surface area contributed by atoms with E-state index in [1.807, 2.05) is 48.7 Å². The molecule has 238 valence electrons. The first-order valence-corrected chi connectivity index (χ1v) is 14.2. The van der Waals surface area contributed by atoms with Crippen molar-refractivity contribution in [1.29, 1.82) is 0 Å². The molecule has 1 aliphatic rings. The molecule has 0 aliphatic carbocycles. The van der Waals surface area contributed by atoms with Crippen LogP contribution in [0.3, 0.4) is 0 Å². The van der Waals surface area contributed by atoms with Crippen LogP contribution >= 0.6 is 11.6 Å². The lowest BCUT2D eigenvalue weighted by molar-refractivity contribution is -0.137. The summed E-state index contributed by atoms with van der Waals surface area (Å²) >= 11 is 5.30. The summed E-state index contributed by atoms with van der Waals surface area (Å²) in [6.45, 7) is 5.24. The maximum Gasteiger partial charge on any atom is 0.417 e. The van der Waals surface area contributed by atoms with Gasteiger partial charge in [0.25, 0.3) is 0 Å². The van der Waals surface area contributed by atoms with Gasteiger partial charge in [0.15, 0.2) is 5.65 Å². The molecule has 2 aromatic carbocycles. The molecule has 0 spiro atoms. The maximum absolute atomic E-state index is 12.2. The Morgan fingerprint density at radius 2 is 1.93 bits per heavy atom. The number of halogens is 4. The first-order chi connectivity index (χ1) is 21.5. The number of carbonyl (C=O) groups excluding carboxylic acids is 2. The Bertz CT molecular complexity index is 1730. The highest BCUT2D eigenvalue weighted by Gasteiger charge is 2.33. The van der Waals surface area contributed by atoms with Crippen molar-refractivity contribution in [2.24, 2.45) is 0 Å². The predicted octanol–water partition coefficient (Wildman–Crippen LogP) is 5.12. The lowest BCUT2D eigenvalue weighted by atomic mass is 10.1. The second-order valence-corrected chi connectivity index (χ2v) is 10.2. The zero-order chi connectivity index (χ0) is 33.3. The van der Waals surface area contributed by atoms with Gasteiger partial charge in [-0.15, -0.1) is 0 Å². The number of benzene rings is 2. The summed E-state index contributed by atoms with van der Waals surface area (Å²) in [7, 11) is 2.88. The average molecular weight is 644 g/mol. The van der Waals surface area contributed by atoms with Crippen LogP contribution in [-0.2, 0) is 11.0 Å². The lowest BCUT2D eigenvalue weighted by Crippen LogP contribution is -2.28. The topological polar surface area (TPSA) is 139 Å². The molecular formula is C31H33ClF3N7O3. The number of hydrogen-bond acceptors (Lipinski definition) is 8. The fourth-order valence-corrected chi connectivity index (χ4v) is 4.83. The lowest BCUT2D eigenvalue weighted by Gasteiger charge is -2.15. The molecule has 1 fully saturated rings. The van der Waals surface area contributed by atoms with Crippen molar-refractivity contribution in [2.75, 3.05) is 38.3 Å². The SMILES string of the molecule is CCC(=O)N1CC[C@@H](n2nc(C#Cc3cc(NC)ccc3C)c3c(N)ncnc32)C1.CO.O=Cc1ccc(Cl)c(C(F)(F)F)c1. The first kappa shape index (κ1) is 34.8. The van der Waals surface area contributed by atoms with Crippen molar-refractivity contribution < 1.29 is 27.9 Å². The number of nitrogens with one attached hydrogen (secondary N) is 1. The molecule has 3 heterocycles. The van der Waals surface area contributed by atoms with Gasteiger partial charge < -0.3 is 21.1 Å². The highest BCUT2D eigenvalue weighted by molar-refractivity contribution is 6.31. The predicted molar refractivity (Wildman–Crippen MR) is 167 cm³/mol. The van der Waals surface area contributed by atoms with Gasteiger partial charge in [-0.1, -0.05) is 36.6 Å². The van der Waals surface area contributed by atoms with E-state index in [0.29, 0.717) is 41.8 Å². The van der Waals surface area contributed by atoms with Crippen LogP contribution < -0.4 is 11.1 Å². The van der Waals surface area contributed by atoms with Crippen LogP contribution in [0.25, 0.3) is 11.0 Å². The second-order valence-electron chi connectivity index (χ2n) is 9.77. The summed E-state index contributed by atoms with van der Waals surface area (Å²) in [5.41, 5.74) is 9.34. The Kier molecular flexibility index (Phi) is 11.9. The molecule has 0 radical (unpaired) electrons. The van der Waals surface area contributed by atoms with E-state index in [2.05, 4.69) is 27.1 Å². The van der Waals surface area contributed by atoms with Crippen LogP contribution in [0.4, 0.5) is 24.7 Å². The maximum atomic E-state index is 12.2. The Morgan fingerprint density at radius 3 is 2.58 bits per heavy atom. The normalized spacial score (nSPS) is 14.0. The van der Waals surface area contributed by atoms with Gasteiger partial charge in [-0.2, -0.15) is 18.3 Å². The molecule has 10 nitrogen and oxygen atoms in total. The number of alkyl halides is 3. The number of nitrogen functional groups attached to an aromatic ring is 1. The molecule has 1 amide bonds. The standard InChI is InChI=1S/C22H25N7O.C8H4ClF3O.CH4O/c1-4-19(30)28-10-9-17(12-28)29-22-20(21(23)25-13-26-22)18(27-29)8-6-15-11-16(24-3)7-5-14(15)2;9-7-2-1-5(4-13)3-6(7)8(10,11)12;1-2/h5,7,11,13,17,24H,4,9-10,12H2,1-3H3,(H2,23,25,26);1-4H;2H,1H3/t17-;;/m1../s1.